The van der Waals surface area contributed by atoms with E-state index in [2.05, 4.69) is 67.4 Å². The molecule has 1 aromatic carbocycles. The molecule has 0 radical (unpaired) electrons. The number of nitrogens with zero attached hydrogens (tertiary/aromatic N) is 6. The van der Waals surface area contributed by atoms with Crippen LogP contribution in [0.15, 0.2) is 59.6 Å². The fraction of sp³-hybridized carbons (Fsp3) is 0.333. The lowest BCUT2D eigenvalue weighted by Crippen LogP contribution is -2.09. The quantitative estimate of drug-likeness (QED) is 0.214. The topological polar surface area (TPSA) is 93.7 Å². The summed E-state index contributed by atoms with van der Waals surface area (Å²) in [6.45, 7) is 10.9. The van der Waals surface area contributed by atoms with Crippen LogP contribution in [0.25, 0.3) is 28.1 Å². The van der Waals surface area contributed by atoms with Crippen LogP contribution < -0.4 is 5.32 Å². The first-order valence-corrected chi connectivity index (χ1v) is 13.2. The van der Waals surface area contributed by atoms with E-state index in [9.17, 15) is 5.11 Å². The highest BCUT2D eigenvalue weighted by Crippen LogP contribution is 2.40. The molecule has 0 amide bonds. The Hall–Kier alpha value is -4.20. The summed E-state index contributed by atoms with van der Waals surface area (Å²) in [5, 5.41) is 23.1. The summed E-state index contributed by atoms with van der Waals surface area (Å²) in [7, 11) is 1.99. The normalized spacial score (nSPS) is 13.9. The van der Waals surface area contributed by atoms with E-state index in [-0.39, 0.29) is 0 Å². The summed E-state index contributed by atoms with van der Waals surface area (Å²) >= 11 is 0. The summed E-state index contributed by atoms with van der Waals surface area (Å²) < 4.78 is 3.81. The molecule has 1 aliphatic rings. The lowest BCUT2D eigenvalue weighted by Gasteiger charge is -2.17. The third kappa shape index (κ3) is 4.62. The van der Waals surface area contributed by atoms with Gasteiger partial charge in [0.2, 0.25) is 5.95 Å². The fourth-order valence-electron chi connectivity index (χ4n) is 5.14. The minimum absolute atomic E-state index is 0.329. The van der Waals surface area contributed by atoms with Crippen molar-refractivity contribution in [3.05, 3.63) is 76.5 Å². The molecule has 3 heterocycles. The Balaban J connectivity index is 1.54. The first-order valence-electron chi connectivity index (χ1n) is 13.2. The van der Waals surface area contributed by atoms with Crippen molar-refractivity contribution < 1.29 is 5.11 Å². The van der Waals surface area contributed by atoms with Gasteiger partial charge in [0.1, 0.15) is 0 Å². The van der Waals surface area contributed by atoms with Gasteiger partial charge in [-0.3, -0.25) is 9.36 Å². The number of benzene rings is 1. The number of aliphatic hydroxyl groups is 1. The van der Waals surface area contributed by atoms with Crippen LogP contribution in [0.2, 0.25) is 0 Å². The molecular weight excluding hydrogens is 474 g/mol. The Kier molecular flexibility index (Phi) is 6.89. The predicted octanol–water partition coefficient (Wildman–Crippen LogP) is 6.64. The minimum atomic E-state index is 0.329. The maximum Gasteiger partial charge on any atom is 0.228 e. The standard InChI is InChI=1S/C30H35N7O/c1-7-18(3)19(4)26(20(5)38)21-9-11-22(12-10-21)29-27-24(34-36(29)6)14-13-23-17-31-30(33-28(23)27)32-25-15-16-37(8-2)35-25/h9-12,15-17,38H,7-8,13-14H2,1-6H3,(H,31,32,33,35)/b19-18+,26-20+. The maximum absolute atomic E-state index is 10.5. The summed E-state index contributed by atoms with van der Waals surface area (Å²) in [4.78, 5) is 9.49. The third-order valence-electron chi connectivity index (χ3n) is 7.41. The van der Waals surface area contributed by atoms with Crippen LogP contribution in [0.3, 0.4) is 0 Å². The van der Waals surface area contributed by atoms with E-state index < -0.39 is 0 Å². The second-order valence-electron chi connectivity index (χ2n) is 9.84. The van der Waals surface area contributed by atoms with Crippen LogP contribution in [0, 0.1) is 0 Å². The fourth-order valence-corrected chi connectivity index (χ4v) is 5.14. The number of aliphatic hydroxyl groups excluding tert-OH is 1. The van der Waals surface area contributed by atoms with Gasteiger partial charge in [0.05, 0.1) is 22.8 Å². The zero-order chi connectivity index (χ0) is 27.0. The molecule has 5 rings (SSSR count). The van der Waals surface area contributed by atoms with Crippen LogP contribution >= 0.6 is 0 Å². The first kappa shape index (κ1) is 25.4. The average molecular weight is 510 g/mol. The number of fused-ring (bicyclic) bond motifs is 3. The van der Waals surface area contributed by atoms with Gasteiger partial charge in [0.25, 0.3) is 0 Å². The highest BCUT2D eigenvalue weighted by atomic mass is 16.3. The van der Waals surface area contributed by atoms with Crippen molar-refractivity contribution in [1.29, 1.82) is 0 Å². The molecule has 0 saturated heterocycles. The van der Waals surface area contributed by atoms with E-state index in [0.717, 1.165) is 82.1 Å². The van der Waals surface area contributed by atoms with Gasteiger partial charge in [-0.2, -0.15) is 10.2 Å². The highest BCUT2D eigenvalue weighted by Gasteiger charge is 2.27. The lowest BCUT2D eigenvalue weighted by atomic mass is 9.90. The molecule has 2 N–H and O–H groups in total. The number of nitrogens with one attached hydrogen (secondary N) is 1. The highest BCUT2D eigenvalue weighted by molar-refractivity contribution is 5.86. The zero-order valence-electron chi connectivity index (χ0n) is 23.0. The number of anilines is 2. The monoisotopic (exact) mass is 509 g/mol. The summed E-state index contributed by atoms with van der Waals surface area (Å²) in [6.07, 6.45) is 6.50. The van der Waals surface area contributed by atoms with Gasteiger partial charge < -0.3 is 10.4 Å². The number of hydrogen-bond donors (Lipinski definition) is 2. The van der Waals surface area contributed by atoms with Crippen molar-refractivity contribution >= 4 is 17.3 Å². The van der Waals surface area contributed by atoms with Gasteiger partial charge >= 0.3 is 0 Å². The molecule has 8 heteroatoms. The van der Waals surface area contributed by atoms with E-state index in [1.165, 1.54) is 5.57 Å². The van der Waals surface area contributed by atoms with Crippen LogP contribution in [0.5, 0.6) is 0 Å². The third-order valence-corrected chi connectivity index (χ3v) is 7.41. The molecule has 0 spiro atoms. The van der Waals surface area contributed by atoms with E-state index in [1.54, 1.807) is 6.92 Å². The minimum Gasteiger partial charge on any atom is -0.512 e. The number of rotatable bonds is 7. The molecule has 1 aliphatic carbocycles. The molecule has 8 nitrogen and oxygen atoms in total. The van der Waals surface area contributed by atoms with Gasteiger partial charge in [0, 0.05) is 48.8 Å². The van der Waals surface area contributed by atoms with Gasteiger partial charge in [-0.1, -0.05) is 36.8 Å². The average Bonchev–Trinajstić information content (AvgIpc) is 3.51. The smallest absolute Gasteiger partial charge is 0.228 e. The van der Waals surface area contributed by atoms with Crippen molar-refractivity contribution in [2.75, 3.05) is 5.32 Å². The number of hydrogen-bond acceptors (Lipinski definition) is 6. The van der Waals surface area contributed by atoms with Gasteiger partial charge in [0.15, 0.2) is 5.82 Å². The van der Waals surface area contributed by atoms with Crippen molar-refractivity contribution in [2.24, 2.45) is 7.05 Å². The van der Waals surface area contributed by atoms with Crippen molar-refractivity contribution in [1.82, 2.24) is 29.5 Å². The van der Waals surface area contributed by atoms with Crippen LogP contribution in [0.1, 0.15) is 57.9 Å². The molecular formula is C30H35N7O. The van der Waals surface area contributed by atoms with E-state index in [4.69, 9.17) is 10.1 Å². The van der Waals surface area contributed by atoms with Crippen LogP contribution in [-0.4, -0.2) is 34.6 Å². The molecule has 196 valence electrons. The maximum atomic E-state index is 10.5. The Bertz CT molecular complexity index is 1550. The molecule has 4 aromatic rings. The number of aryl methyl sites for hydroxylation is 4. The lowest BCUT2D eigenvalue weighted by molar-refractivity contribution is 0.417. The molecule has 0 saturated carbocycles. The van der Waals surface area contributed by atoms with E-state index in [0.29, 0.717) is 11.7 Å². The second kappa shape index (κ2) is 10.3. The summed E-state index contributed by atoms with van der Waals surface area (Å²) in [5.74, 6) is 1.57. The summed E-state index contributed by atoms with van der Waals surface area (Å²) in [5.41, 5.74) is 10.5. The van der Waals surface area contributed by atoms with Crippen molar-refractivity contribution in [3.63, 3.8) is 0 Å². The van der Waals surface area contributed by atoms with Crippen LogP contribution in [0.4, 0.5) is 11.8 Å². The van der Waals surface area contributed by atoms with Gasteiger partial charge in [-0.25, -0.2) is 9.97 Å². The molecule has 0 atom stereocenters. The largest absolute Gasteiger partial charge is 0.512 e. The Labute approximate surface area is 223 Å². The Morgan fingerprint density at radius 3 is 2.45 bits per heavy atom. The Morgan fingerprint density at radius 1 is 1.03 bits per heavy atom. The summed E-state index contributed by atoms with van der Waals surface area (Å²) in [6, 6.07) is 10.3. The molecule has 0 unspecified atom stereocenters. The predicted molar refractivity (Wildman–Crippen MR) is 152 cm³/mol. The zero-order valence-corrected chi connectivity index (χ0v) is 23.0. The number of aromatic nitrogens is 6. The second-order valence-corrected chi connectivity index (χ2v) is 9.84. The first-order chi connectivity index (χ1) is 18.3. The molecule has 3 aromatic heterocycles. The van der Waals surface area contributed by atoms with Gasteiger partial charge in [-0.15, -0.1) is 0 Å². The van der Waals surface area contributed by atoms with Crippen molar-refractivity contribution in [3.8, 4) is 22.5 Å². The molecule has 0 aliphatic heterocycles. The van der Waals surface area contributed by atoms with E-state index >= 15 is 0 Å². The number of allylic oxidation sites excluding steroid dienone is 4. The van der Waals surface area contributed by atoms with Crippen molar-refractivity contribution in [2.45, 2.75) is 60.4 Å². The molecule has 0 fully saturated rings. The van der Waals surface area contributed by atoms with E-state index in [1.807, 2.05) is 34.9 Å². The van der Waals surface area contributed by atoms with Crippen LogP contribution in [-0.2, 0) is 26.4 Å². The Morgan fingerprint density at radius 2 is 1.79 bits per heavy atom. The van der Waals surface area contributed by atoms with Gasteiger partial charge in [-0.05, 0) is 63.7 Å². The SMILES string of the molecule is CC/C(C)=C(C)/C(=C(/C)O)c1ccc(-c2c3c(nn2C)CCc2cnc(Nc4ccn(CC)n4)nc2-3)cc1. The molecule has 38 heavy (non-hydrogen) atoms. The molecule has 0 bridgehead atoms.